The SMILES string of the molecule is CC1CCCC(Nc2cccc(-c3nncn3C)c2)C1C. The summed E-state index contributed by atoms with van der Waals surface area (Å²) in [5.74, 6) is 2.43. The lowest BCUT2D eigenvalue weighted by molar-refractivity contribution is 0.253. The molecule has 1 N–H and O–H groups in total. The van der Waals surface area contributed by atoms with Crippen molar-refractivity contribution < 1.29 is 0 Å². The Hall–Kier alpha value is -1.84. The summed E-state index contributed by atoms with van der Waals surface area (Å²) in [6.45, 7) is 4.74. The van der Waals surface area contributed by atoms with E-state index in [1.165, 1.54) is 24.9 Å². The quantitative estimate of drug-likeness (QED) is 0.934. The molecule has 3 unspecified atom stereocenters. The minimum absolute atomic E-state index is 0.573. The molecule has 1 heterocycles. The molecule has 3 rings (SSSR count). The first-order valence-corrected chi connectivity index (χ1v) is 7.86. The van der Waals surface area contributed by atoms with Gasteiger partial charge in [0.15, 0.2) is 5.82 Å². The fourth-order valence-electron chi connectivity index (χ4n) is 3.29. The first-order valence-electron chi connectivity index (χ1n) is 7.86. The van der Waals surface area contributed by atoms with Gasteiger partial charge in [0.05, 0.1) is 0 Å². The van der Waals surface area contributed by atoms with E-state index in [-0.39, 0.29) is 0 Å². The number of rotatable bonds is 3. The van der Waals surface area contributed by atoms with Crippen LogP contribution in [0.3, 0.4) is 0 Å². The van der Waals surface area contributed by atoms with Gasteiger partial charge in [-0.2, -0.15) is 0 Å². The minimum atomic E-state index is 0.573. The van der Waals surface area contributed by atoms with Gasteiger partial charge in [-0.15, -0.1) is 10.2 Å². The van der Waals surface area contributed by atoms with Crippen LogP contribution < -0.4 is 5.32 Å². The van der Waals surface area contributed by atoms with Gasteiger partial charge in [0.2, 0.25) is 0 Å². The van der Waals surface area contributed by atoms with E-state index < -0.39 is 0 Å². The topological polar surface area (TPSA) is 42.7 Å². The predicted molar refractivity (Wildman–Crippen MR) is 86.0 cm³/mol. The highest BCUT2D eigenvalue weighted by Crippen LogP contribution is 2.32. The van der Waals surface area contributed by atoms with Crippen molar-refractivity contribution in [2.75, 3.05) is 5.32 Å². The van der Waals surface area contributed by atoms with Crippen molar-refractivity contribution in [1.82, 2.24) is 14.8 Å². The molecule has 0 radical (unpaired) electrons. The predicted octanol–water partition coefficient (Wildman–Crippen LogP) is 3.72. The molecule has 112 valence electrons. The van der Waals surface area contributed by atoms with Crippen LogP contribution in [0.2, 0.25) is 0 Å². The summed E-state index contributed by atoms with van der Waals surface area (Å²) in [6, 6.07) is 9.07. The Kier molecular flexibility index (Phi) is 3.95. The van der Waals surface area contributed by atoms with Crippen LogP contribution in [-0.2, 0) is 7.05 Å². The first-order chi connectivity index (χ1) is 10.1. The van der Waals surface area contributed by atoms with Gasteiger partial charge in [-0.25, -0.2) is 0 Å². The van der Waals surface area contributed by atoms with Crippen LogP contribution in [0, 0.1) is 11.8 Å². The maximum absolute atomic E-state index is 4.19. The average Bonchev–Trinajstić information content (AvgIpc) is 2.90. The van der Waals surface area contributed by atoms with Crippen molar-refractivity contribution >= 4 is 5.69 Å². The number of nitrogens with one attached hydrogen (secondary N) is 1. The fraction of sp³-hybridized carbons (Fsp3) is 0.529. The van der Waals surface area contributed by atoms with Gasteiger partial charge >= 0.3 is 0 Å². The highest BCUT2D eigenvalue weighted by Gasteiger charge is 2.26. The Labute approximate surface area is 126 Å². The highest BCUT2D eigenvalue weighted by molar-refractivity contribution is 5.62. The number of aromatic nitrogens is 3. The average molecular weight is 284 g/mol. The number of aryl methyl sites for hydroxylation is 1. The van der Waals surface area contributed by atoms with Crippen LogP contribution >= 0.6 is 0 Å². The van der Waals surface area contributed by atoms with Gasteiger partial charge in [-0.1, -0.05) is 38.8 Å². The van der Waals surface area contributed by atoms with E-state index in [1.807, 2.05) is 11.6 Å². The van der Waals surface area contributed by atoms with Gasteiger partial charge in [-0.05, 0) is 30.4 Å². The zero-order valence-electron chi connectivity index (χ0n) is 13.1. The van der Waals surface area contributed by atoms with Gasteiger partial charge in [-0.3, -0.25) is 0 Å². The van der Waals surface area contributed by atoms with Gasteiger partial charge in [0.1, 0.15) is 6.33 Å². The smallest absolute Gasteiger partial charge is 0.163 e. The van der Waals surface area contributed by atoms with Crippen LogP contribution in [-0.4, -0.2) is 20.8 Å². The van der Waals surface area contributed by atoms with Crippen LogP contribution in [0.5, 0.6) is 0 Å². The molecule has 1 aromatic heterocycles. The third-order valence-electron chi connectivity index (χ3n) is 4.89. The Morgan fingerprint density at radius 2 is 2.10 bits per heavy atom. The van der Waals surface area contributed by atoms with E-state index in [0.717, 1.165) is 23.2 Å². The summed E-state index contributed by atoms with van der Waals surface area (Å²) in [4.78, 5) is 0. The van der Waals surface area contributed by atoms with Crippen molar-refractivity contribution in [2.45, 2.75) is 39.2 Å². The largest absolute Gasteiger partial charge is 0.382 e. The summed E-state index contributed by atoms with van der Waals surface area (Å²) in [7, 11) is 1.97. The normalized spacial score (nSPS) is 25.8. The van der Waals surface area contributed by atoms with E-state index in [4.69, 9.17) is 0 Å². The molecular weight excluding hydrogens is 260 g/mol. The van der Waals surface area contributed by atoms with Crippen LogP contribution in [0.4, 0.5) is 5.69 Å². The molecule has 1 fully saturated rings. The molecule has 1 aromatic carbocycles. The van der Waals surface area contributed by atoms with Crippen LogP contribution in [0.1, 0.15) is 33.1 Å². The second kappa shape index (κ2) is 5.88. The molecule has 3 atom stereocenters. The molecule has 0 aliphatic heterocycles. The van der Waals surface area contributed by atoms with E-state index in [0.29, 0.717) is 6.04 Å². The summed E-state index contributed by atoms with van der Waals surface area (Å²) < 4.78 is 1.95. The molecule has 4 heteroatoms. The van der Waals surface area contributed by atoms with Crippen LogP contribution in [0.25, 0.3) is 11.4 Å². The molecule has 2 aromatic rings. The Bertz CT molecular complexity index is 604. The van der Waals surface area contributed by atoms with Gasteiger partial charge in [0.25, 0.3) is 0 Å². The molecule has 0 amide bonds. The number of hydrogen-bond donors (Lipinski definition) is 1. The van der Waals surface area contributed by atoms with Crippen molar-refractivity contribution in [3.05, 3.63) is 30.6 Å². The van der Waals surface area contributed by atoms with E-state index >= 15 is 0 Å². The van der Waals surface area contributed by atoms with Gasteiger partial charge < -0.3 is 9.88 Å². The molecule has 1 aliphatic rings. The molecule has 0 saturated heterocycles. The second-order valence-corrected chi connectivity index (χ2v) is 6.36. The zero-order chi connectivity index (χ0) is 14.8. The number of nitrogens with zero attached hydrogens (tertiary/aromatic N) is 3. The molecule has 1 aliphatic carbocycles. The lowest BCUT2D eigenvalue weighted by atomic mass is 9.78. The van der Waals surface area contributed by atoms with Crippen molar-refractivity contribution in [1.29, 1.82) is 0 Å². The lowest BCUT2D eigenvalue weighted by Crippen LogP contribution is -2.34. The summed E-state index contributed by atoms with van der Waals surface area (Å²) in [6.07, 6.45) is 5.69. The van der Waals surface area contributed by atoms with E-state index in [9.17, 15) is 0 Å². The molecule has 0 spiro atoms. The summed E-state index contributed by atoms with van der Waals surface area (Å²) >= 11 is 0. The third kappa shape index (κ3) is 2.94. The van der Waals surface area contributed by atoms with Crippen molar-refractivity contribution in [3.8, 4) is 11.4 Å². The second-order valence-electron chi connectivity index (χ2n) is 6.36. The Morgan fingerprint density at radius 3 is 2.86 bits per heavy atom. The Morgan fingerprint density at radius 1 is 1.24 bits per heavy atom. The van der Waals surface area contributed by atoms with E-state index in [1.54, 1.807) is 6.33 Å². The maximum atomic E-state index is 4.19. The summed E-state index contributed by atoms with van der Waals surface area (Å²) in [5, 5.41) is 11.9. The number of hydrogen-bond acceptors (Lipinski definition) is 3. The number of anilines is 1. The number of benzene rings is 1. The zero-order valence-corrected chi connectivity index (χ0v) is 13.1. The summed E-state index contributed by atoms with van der Waals surface area (Å²) in [5.41, 5.74) is 2.29. The lowest BCUT2D eigenvalue weighted by Gasteiger charge is -2.35. The monoisotopic (exact) mass is 284 g/mol. The Balaban J connectivity index is 1.79. The molecular formula is C17H24N4. The molecule has 1 saturated carbocycles. The third-order valence-corrected chi connectivity index (χ3v) is 4.89. The van der Waals surface area contributed by atoms with Crippen LogP contribution in [0.15, 0.2) is 30.6 Å². The standard InChI is InChI=1S/C17H24N4/c1-12-6-4-9-16(13(12)2)19-15-8-5-7-14(10-15)17-20-18-11-21(17)3/h5,7-8,10-13,16,19H,4,6,9H2,1-3H3. The minimum Gasteiger partial charge on any atom is -0.382 e. The molecule has 0 bridgehead atoms. The molecule has 4 nitrogen and oxygen atoms in total. The van der Waals surface area contributed by atoms with E-state index in [2.05, 4.69) is 53.6 Å². The molecule has 21 heavy (non-hydrogen) atoms. The maximum Gasteiger partial charge on any atom is 0.163 e. The first kappa shape index (κ1) is 14.1. The van der Waals surface area contributed by atoms with Crippen molar-refractivity contribution in [2.24, 2.45) is 18.9 Å². The fourth-order valence-corrected chi connectivity index (χ4v) is 3.29. The highest BCUT2D eigenvalue weighted by atomic mass is 15.2. The van der Waals surface area contributed by atoms with Gasteiger partial charge in [0, 0.05) is 24.3 Å². The van der Waals surface area contributed by atoms with Crippen molar-refractivity contribution in [3.63, 3.8) is 0 Å².